The summed E-state index contributed by atoms with van der Waals surface area (Å²) in [6, 6.07) is 9.57. The highest BCUT2D eigenvalue weighted by atomic mass is 16.5. The van der Waals surface area contributed by atoms with E-state index >= 15 is 0 Å². The number of ether oxygens (including phenoxy) is 1. The van der Waals surface area contributed by atoms with Gasteiger partial charge in [-0.25, -0.2) is 0 Å². The van der Waals surface area contributed by atoms with Crippen LogP contribution in [0.5, 0.6) is 5.75 Å². The Morgan fingerprint density at radius 3 is 2.75 bits per heavy atom. The molecule has 0 heterocycles. The van der Waals surface area contributed by atoms with Crippen LogP contribution in [0.15, 0.2) is 30.3 Å². The molecule has 1 amide bonds. The van der Waals surface area contributed by atoms with Crippen LogP contribution in [-0.2, 0) is 4.79 Å². The number of amides is 1. The molecule has 0 saturated carbocycles. The fourth-order valence-corrected chi connectivity index (χ4v) is 1.24. The fraction of sp³-hybridized carbons (Fsp3) is 0.417. The van der Waals surface area contributed by atoms with Gasteiger partial charge in [-0.2, -0.15) is 0 Å². The Hall–Kier alpha value is -1.55. The van der Waals surface area contributed by atoms with Crippen molar-refractivity contribution in [2.75, 3.05) is 19.7 Å². The number of benzene rings is 1. The maximum absolute atomic E-state index is 11.2. The van der Waals surface area contributed by atoms with E-state index in [9.17, 15) is 4.79 Å². The zero-order chi connectivity index (χ0) is 11.6. The fourth-order valence-electron chi connectivity index (χ4n) is 1.24. The molecule has 1 aromatic carbocycles. The first kappa shape index (κ1) is 12.5. The van der Waals surface area contributed by atoms with Crippen LogP contribution in [0.25, 0.3) is 0 Å². The van der Waals surface area contributed by atoms with Crippen molar-refractivity contribution in [3.63, 3.8) is 0 Å². The summed E-state index contributed by atoms with van der Waals surface area (Å²) in [6.45, 7) is 1.57. The van der Waals surface area contributed by atoms with E-state index in [0.717, 1.165) is 5.75 Å². The van der Waals surface area contributed by atoms with Crippen LogP contribution in [0.2, 0.25) is 0 Å². The number of para-hydroxylation sites is 1. The Balaban J connectivity index is 2.06. The van der Waals surface area contributed by atoms with Crippen LogP contribution in [0.1, 0.15) is 12.8 Å². The highest BCUT2D eigenvalue weighted by molar-refractivity contribution is 5.75. The molecule has 0 spiro atoms. The molecule has 0 bridgehead atoms. The smallest absolute Gasteiger partial charge is 0.220 e. The summed E-state index contributed by atoms with van der Waals surface area (Å²) < 4.78 is 5.46. The average Bonchev–Trinajstić information content (AvgIpc) is 2.33. The monoisotopic (exact) mass is 222 g/mol. The summed E-state index contributed by atoms with van der Waals surface area (Å²) in [5.74, 6) is 0.868. The molecule has 0 fully saturated rings. The molecule has 88 valence electrons. The number of nitrogens with two attached hydrogens (primary N) is 1. The number of nitrogens with one attached hydrogen (secondary N) is 1. The predicted octanol–water partition coefficient (Wildman–Crippen LogP) is 0.920. The molecule has 0 aliphatic heterocycles. The van der Waals surface area contributed by atoms with E-state index in [-0.39, 0.29) is 5.91 Å². The van der Waals surface area contributed by atoms with Crippen LogP contribution < -0.4 is 15.8 Å². The van der Waals surface area contributed by atoms with E-state index in [1.54, 1.807) is 0 Å². The summed E-state index contributed by atoms with van der Waals surface area (Å²) in [5, 5.41) is 2.71. The van der Waals surface area contributed by atoms with Crippen molar-refractivity contribution in [3.8, 4) is 5.75 Å². The number of hydrogen-bond donors (Lipinski definition) is 2. The zero-order valence-electron chi connectivity index (χ0n) is 9.32. The molecular formula is C12H18N2O2. The van der Waals surface area contributed by atoms with Gasteiger partial charge < -0.3 is 15.8 Å². The van der Waals surface area contributed by atoms with Gasteiger partial charge in [0.25, 0.3) is 0 Å². The van der Waals surface area contributed by atoms with E-state index in [4.69, 9.17) is 10.5 Å². The average molecular weight is 222 g/mol. The Kier molecular flexibility index (Phi) is 6.03. The lowest BCUT2D eigenvalue weighted by molar-refractivity contribution is -0.121. The first-order valence-electron chi connectivity index (χ1n) is 5.47. The van der Waals surface area contributed by atoms with Gasteiger partial charge in [0.15, 0.2) is 0 Å². The molecule has 0 aliphatic rings. The third-order valence-corrected chi connectivity index (χ3v) is 2.03. The molecule has 0 aromatic heterocycles. The second-order valence-electron chi connectivity index (χ2n) is 3.40. The lowest BCUT2D eigenvalue weighted by atomic mass is 10.3. The molecule has 0 radical (unpaired) electrons. The van der Waals surface area contributed by atoms with E-state index in [1.165, 1.54) is 0 Å². The molecule has 4 heteroatoms. The van der Waals surface area contributed by atoms with Gasteiger partial charge in [0.05, 0.1) is 6.61 Å². The standard InChI is InChI=1S/C12H18N2O2/c13-8-9-14-12(15)7-4-10-16-11-5-2-1-3-6-11/h1-3,5-6H,4,7-10,13H2,(H,14,15). The minimum atomic E-state index is 0.0297. The molecule has 0 atom stereocenters. The van der Waals surface area contributed by atoms with E-state index in [2.05, 4.69) is 5.32 Å². The summed E-state index contributed by atoms with van der Waals surface area (Å²) in [6.07, 6.45) is 1.19. The quantitative estimate of drug-likeness (QED) is 0.674. The van der Waals surface area contributed by atoms with Crippen LogP contribution in [0.3, 0.4) is 0 Å². The topological polar surface area (TPSA) is 64.3 Å². The molecule has 0 saturated heterocycles. The van der Waals surface area contributed by atoms with Crippen molar-refractivity contribution in [3.05, 3.63) is 30.3 Å². The highest BCUT2D eigenvalue weighted by Gasteiger charge is 1.99. The third kappa shape index (κ3) is 5.36. The molecule has 0 unspecified atom stereocenters. The van der Waals surface area contributed by atoms with Gasteiger partial charge in [0, 0.05) is 19.5 Å². The largest absolute Gasteiger partial charge is 0.494 e. The van der Waals surface area contributed by atoms with Gasteiger partial charge in [-0.3, -0.25) is 4.79 Å². The Morgan fingerprint density at radius 2 is 2.06 bits per heavy atom. The van der Waals surface area contributed by atoms with Crippen molar-refractivity contribution in [2.45, 2.75) is 12.8 Å². The van der Waals surface area contributed by atoms with Gasteiger partial charge in [-0.1, -0.05) is 18.2 Å². The van der Waals surface area contributed by atoms with E-state index in [1.807, 2.05) is 30.3 Å². The van der Waals surface area contributed by atoms with Crippen LogP contribution >= 0.6 is 0 Å². The number of carbonyl (C=O) groups excluding carboxylic acids is 1. The summed E-state index contributed by atoms with van der Waals surface area (Å²) in [4.78, 5) is 11.2. The Bertz CT molecular complexity index is 301. The minimum absolute atomic E-state index is 0.0297. The Labute approximate surface area is 95.8 Å². The predicted molar refractivity (Wildman–Crippen MR) is 63.2 cm³/mol. The van der Waals surface area contributed by atoms with Crippen molar-refractivity contribution < 1.29 is 9.53 Å². The van der Waals surface area contributed by atoms with E-state index in [0.29, 0.717) is 32.5 Å². The highest BCUT2D eigenvalue weighted by Crippen LogP contribution is 2.08. The maximum atomic E-state index is 11.2. The first-order chi connectivity index (χ1) is 7.83. The number of carbonyl (C=O) groups is 1. The van der Waals surface area contributed by atoms with Crippen molar-refractivity contribution in [1.82, 2.24) is 5.32 Å². The minimum Gasteiger partial charge on any atom is -0.494 e. The zero-order valence-corrected chi connectivity index (χ0v) is 9.32. The second kappa shape index (κ2) is 7.70. The summed E-state index contributed by atoms with van der Waals surface area (Å²) in [7, 11) is 0. The van der Waals surface area contributed by atoms with Gasteiger partial charge in [-0.05, 0) is 18.6 Å². The SMILES string of the molecule is NCCNC(=O)CCCOc1ccccc1. The van der Waals surface area contributed by atoms with Crippen LogP contribution in [-0.4, -0.2) is 25.6 Å². The molecule has 3 N–H and O–H groups in total. The second-order valence-corrected chi connectivity index (χ2v) is 3.40. The molecule has 1 rings (SSSR count). The molecule has 16 heavy (non-hydrogen) atoms. The van der Waals surface area contributed by atoms with Gasteiger partial charge in [0.2, 0.25) is 5.91 Å². The molecular weight excluding hydrogens is 204 g/mol. The lowest BCUT2D eigenvalue weighted by Crippen LogP contribution is -2.29. The molecule has 4 nitrogen and oxygen atoms in total. The van der Waals surface area contributed by atoms with Crippen molar-refractivity contribution >= 4 is 5.91 Å². The van der Waals surface area contributed by atoms with Gasteiger partial charge in [0.1, 0.15) is 5.75 Å². The number of hydrogen-bond acceptors (Lipinski definition) is 3. The maximum Gasteiger partial charge on any atom is 0.220 e. The lowest BCUT2D eigenvalue weighted by Gasteiger charge is -2.06. The van der Waals surface area contributed by atoms with Gasteiger partial charge in [-0.15, -0.1) is 0 Å². The number of rotatable bonds is 7. The summed E-state index contributed by atoms with van der Waals surface area (Å²) in [5.41, 5.74) is 5.27. The van der Waals surface area contributed by atoms with Gasteiger partial charge >= 0.3 is 0 Å². The van der Waals surface area contributed by atoms with Crippen molar-refractivity contribution in [2.24, 2.45) is 5.73 Å². The molecule has 1 aromatic rings. The normalized spacial score (nSPS) is 9.81. The first-order valence-corrected chi connectivity index (χ1v) is 5.47. The Morgan fingerprint density at radius 1 is 1.31 bits per heavy atom. The van der Waals surface area contributed by atoms with Crippen LogP contribution in [0, 0.1) is 0 Å². The molecule has 0 aliphatic carbocycles. The summed E-state index contributed by atoms with van der Waals surface area (Å²) >= 11 is 0. The van der Waals surface area contributed by atoms with Crippen molar-refractivity contribution in [1.29, 1.82) is 0 Å². The van der Waals surface area contributed by atoms with Crippen LogP contribution in [0.4, 0.5) is 0 Å². The third-order valence-electron chi connectivity index (χ3n) is 2.03. The van der Waals surface area contributed by atoms with E-state index < -0.39 is 0 Å².